The van der Waals surface area contributed by atoms with Crippen LogP contribution < -0.4 is 10.2 Å². The van der Waals surface area contributed by atoms with Gasteiger partial charge in [0.2, 0.25) is 5.88 Å². The predicted octanol–water partition coefficient (Wildman–Crippen LogP) is 1.87. The van der Waals surface area contributed by atoms with Crippen LogP contribution in [0.2, 0.25) is 0 Å². The Balaban J connectivity index is 2.09. The van der Waals surface area contributed by atoms with Crippen LogP contribution in [-0.4, -0.2) is 35.4 Å². The zero-order valence-corrected chi connectivity index (χ0v) is 12.5. The zero-order chi connectivity index (χ0) is 14.5. The summed E-state index contributed by atoms with van der Waals surface area (Å²) in [6.07, 6.45) is 1.85. The fourth-order valence-corrected chi connectivity index (χ4v) is 2.31. The molecule has 1 aliphatic heterocycles. The fraction of sp³-hybridized carbons (Fsp3) is 0.500. The molecule has 5 nitrogen and oxygen atoms in total. The van der Waals surface area contributed by atoms with Crippen molar-refractivity contribution in [2.45, 2.75) is 38.9 Å². The number of methoxy groups -OCH3 is 1. The molecule has 0 bridgehead atoms. The number of nitrogens with one attached hydrogen (secondary N) is 1. The molecule has 0 atom stereocenters. The van der Waals surface area contributed by atoms with Crippen molar-refractivity contribution in [1.29, 1.82) is 0 Å². The number of rotatable bonds is 2. The van der Waals surface area contributed by atoms with Gasteiger partial charge in [0, 0.05) is 17.6 Å². The van der Waals surface area contributed by atoms with Gasteiger partial charge in [0.1, 0.15) is 5.65 Å². The molecule has 20 heavy (non-hydrogen) atoms. The van der Waals surface area contributed by atoms with Crippen molar-refractivity contribution in [2.24, 2.45) is 0 Å². The Bertz CT molecular complexity index is 635. The number of H-pyrrole nitrogens is 1. The lowest BCUT2D eigenvalue weighted by atomic mass is 9.77. The molecule has 1 aliphatic rings. The number of ether oxygens (including phenoxy) is 1. The second kappa shape index (κ2) is 4.23. The summed E-state index contributed by atoms with van der Waals surface area (Å²) >= 11 is 0. The van der Waals surface area contributed by atoms with Gasteiger partial charge in [-0.1, -0.05) is 0 Å². The van der Waals surface area contributed by atoms with E-state index < -0.39 is 7.12 Å². The Morgan fingerprint density at radius 2 is 1.85 bits per heavy atom. The van der Waals surface area contributed by atoms with Crippen LogP contribution in [0.5, 0.6) is 5.88 Å². The maximum atomic E-state index is 6.11. The van der Waals surface area contributed by atoms with Crippen molar-refractivity contribution in [2.75, 3.05) is 7.11 Å². The number of aromatic nitrogens is 2. The molecule has 1 N–H and O–H groups in total. The van der Waals surface area contributed by atoms with E-state index in [4.69, 9.17) is 14.0 Å². The van der Waals surface area contributed by atoms with Crippen molar-refractivity contribution >= 4 is 23.6 Å². The second-order valence-corrected chi connectivity index (χ2v) is 6.08. The first kappa shape index (κ1) is 13.5. The highest BCUT2D eigenvalue weighted by atomic mass is 16.7. The molecular weight excluding hydrogens is 255 g/mol. The molecular formula is C14H19BN2O3. The SMILES string of the molecule is COc1cc(B2OC(C)(C)C(C)(C)O2)c2cc[nH]c2n1. The highest BCUT2D eigenvalue weighted by molar-refractivity contribution is 6.65. The highest BCUT2D eigenvalue weighted by Gasteiger charge is 2.52. The maximum Gasteiger partial charge on any atom is 0.495 e. The van der Waals surface area contributed by atoms with Gasteiger partial charge in [-0.2, -0.15) is 4.98 Å². The minimum absolute atomic E-state index is 0.364. The molecule has 2 aromatic rings. The van der Waals surface area contributed by atoms with Gasteiger partial charge in [0.05, 0.1) is 18.3 Å². The number of hydrogen-bond donors (Lipinski definition) is 1. The standard InChI is InChI=1S/C14H19BN2O3/c1-13(2)14(3,4)20-15(19-13)10-8-11(18-5)17-12-9(10)6-7-16-12/h6-8H,1-5H3,(H,16,17). The highest BCUT2D eigenvalue weighted by Crippen LogP contribution is 2.37. The van der Waals surface area contributed by atoms with E-state index in [0.29, 0.717) is 5.88 Å². The summed E-state index contributed by atoms with van der Waals surface area (Å²) in [7, 11) is 1.18. The molecule has 3 heterocycles. The average molecular weight is 274 g/mol. The van der Waals surface area contributed by atoms with Crippen LogP contribution >= 0.6 is 0 Å². The summed E-state index contributed by atoms with van der Waals surface area (Å²) in [6, 6.07) is 3.85. The van der Waals surface area contributed by atoms with Crippen molar-refractivity contribution in [1.82, 2.24) is 9.97 Å². The van der Waals surface area contributed by atoms with Crippen LogP contribution in [0.25, 0.3) is 11.0 Å². The van der Waals surface area contributed by atoms with Crippen LogP contribution in [0.15, 0.2) is 18.3 Å². The van der Waals surface area contributed by atoms with E-state index in [-0.39, 0.29) is 11.2 Å². The van der Waals surface area contributed by atoms with Gasteiger partial charge in [0.25, 0.3) is 0 Å². The Hall–Kier alpha value is -1.53. The van der Waals surface area contributed by atoms with Gasteiger partial charge < -0.3 is 19.0 Å². The van der Waals surface area contributed by atoms with Crippen LogP contribution in [0, 0.1) is 0 Å². The quantitative estimate of drug-likeness (QED) is 0.849. The lowest BCUT2D eigenvalue weighted by molar-refractivity contribution is 0.00578. The Labute approximate surface area is 118 Å². The van der Waals surface area contributed by atoms with Crippen molar-refractivity contribution < 1.29 is 14.0 Å². The molecule has 0 radical (unpaired) electrons. The molecule has 1 fully saturated rings. The fourth-order valence-electron chi connectivity index (χ4n) is 2.31. The third-order valence-electron chi connectivity index (χ3n) is 4.25. The Morgan fingerprint density at radius 1 is 1.20 bits per heavy atom. The molecule has 0 aliphatic carbocycles. The summed E-state index contributed by atoms with van der Waals surface area (Å²) in [4.78, 5) is 7.47. The largest absolute Gasteiger partial charge is 0.495 e. The summed E-state index contributed by atoms with van der Waals surface area (Å²) in [6.45, 7) is 8.17. The molecule has 1 saturated heterocycles. The molecule has 3 rings (SSSR count). The molecule has 0 unspecified atom stereocenters. The average Bonchev–Trinajstić information content (AvgIpc) is 2.90. The van der Waals surface area contributed by atoms with E-state index in [1.807, 2.05) is 46.0 Å². The molecule has 0 saturated carbocycles. The first-order valence-electron chi connectivity index (χ1n) is 6.72. The topological polar surface area (TPSA) is 56.4 Å². The Kier molecular flexibility index (Phi) is 2.85. The van der Waals surface area contributed by atoms with Crippen molar-refractivity contribution in [3.05, 3.63) is 18.3 Å². The van der Waals surface area contributed by atoms with Crippen LogP contribution in [0.4, 0.5) is 0 Å². The van der Waals surface area contributed by atoms with Crippen molar-refractivity contribution in [3.8, 4) is 5.88 Å². The number of nitrogens with zero attached hydrogens (tertiary/aromatic N) is 1. The summed E-state index contributed by atoms with van der Waals surface area (Å²) in [5.41, 5.74) is 0.981. The number of aromatic amines is 1. The predicted molar refractivity (Wildman–Crippen MR) is 78.4 cm³/mol. The summed E-state index contributed by atoms with van der Waals surface area (Å²) < 4.78 is 17.5. The molecule has 6 heteroatoms. The maximum absolute atomic E-state index is 6.11. The normalized spacial score (nSPS) is 20.6. The van der Waals surface area contributed by atoms with E-state index in [2.05, 4.69) is 9.97 Å². The van der Waals surface area contributed by atoms with E-state index >= 15 is 0 Å². The summed E-state index contributed by atoms with van der Waals surface area (Å²) in [5.74, 6) is 0.546. The van der Waals surface area contributed by atoms with Crippen molar-refractivity contribution in [3.63, 3.8) is 0 Å². The third-order valence-corrected chi connectivity index (χ3v) is 4.25. The molecule has 0 amide bonds. The first-order chi connectivity index (χ1) is 9.34. The van der Waals surface area contributed by atoms with E-state index in [0.717, 1.165) is 16.5 Å². The van der Waals surface area contributed by atoms with Gasteiger partial charge in [-0.3, -0.25) is 0 Å². The van der Waals surface area contributed by atoms with E-state index in [1.165, 1.54) is 0 Å². The van der Waals surface area contributed by atoms with Gasteiger partial charge in [-0.05, 0) is 39.2 Å². The molecule has 0 spiro atoms. The Morgan fingerprint density at radius 3 is 2.45 bits per heavy atom. The molecule has 106 valence electrons. The lowest BCUT2D eigenvalue weighted by Gasteiger charge is -2.32. The third kappa shape index (κ3) is 1.91. The van der Waals surface area contributed by atoms with Crippen LogP contribution in [0.1, 0.15) is 27.7 Å². The molecule has 0 aromatic carbocycles. The minimum Gasteiger partial charge on any atom is -0.481 e. The second-order valence-electron chi connectivity index (χ2n) is 6.08. The first-order valence-corrected chi connectivity index (χ1v) is 6.72. The molecule has 2 aromatic heterocycles. The monoisotopic (exact) mass is 274 g/mol. The van der Waals surface area contributed by atoms with Gasteiger partial charge in [-0.25, -0.2) is 0 Å². The number of pyridine rings is 1. The van der Waals surface area contributed by atoms with E-state index in [9.17, 15) is 0 Å². The zero-order valence-electron chi connectivity index (χ0n) is 12.5. The van der Waals surface area contributed by atoms with Gasteiger partial charge in [0.15, 0.2) is 0 Å². The number of hydrogen-bond acceptors (Lipinski definition) is 4. The number of fused-ring (bicyclic) bond motifs is 1. The minimum atomic E-state index is -0.421. The van der Waals surface area contributed by atoms with E-state index in [1.54, 1.807) is 7.11 Å². The van der Waals surface area contributed by atoms with Crippen LogP contribution in [0.3, 0.4) is 0 Å². The van der Waals surface area contributed by atoms with Gasteiger partial charge in [-0.15, -0.1) is 0 Å². The summed E-state index contributed by atoms with van der Waals surface area (Å²) in [5, 5.41) is 0.990. The lowest BCUT2D eigenvalue weighted by Crippen LogP contribution is -2.41. The van der Waals surface area contributed by atoms with Gasteiger partial charge >= 0.3 is 7.12 Å². The van der Waals surface area contributed by atoms with Crippen LogP contribution in [-0.2, 0) is 9.31 Å². The smallest absolute Gasteiger partial charge is 0.481 e.